The average Bonchev–Trinajstić information content (AvgIpc) is 3.18. The van der Waals surface area contributed by atoms with Crippen LogP contribution in [0.3, 0.4) is 0 Å². The molecule has 0 bridgehead atoms. The molecule has 5 nitrogen and oxygen atoms in total. The Balaban J connectivity index is 1.47. The van der Waals surface area contributed by atoms with Crippen LogP contribution >= 0.6 is 23.1 Å². The molecule has 21 heavy (non-hydrogen) atoms. The highest BCUT2D eigenvalue weighted by Crippen LogP contribution is 2.31. The lowest BCUT2D eigenvalue weighted by molar-refractivity contribution is 0.0340. The predicted molar refractivity (Wildman–Crippen MR) is 83.5 cm³/mol. The van der Waals surface area contributed by atoms with Crippen molar-refractivity contribution in [1.82, 2.24) is 15.0 Å². The molecular formula is C14H17N3O2S2. The lowest BCUT2D eigenvalue weighted by Gasteiger charge is -2.42. The van der Waals surface area contributed by atoms with E-state index >= 15 is 0 Å². The van der Waals surface area contributed by atoms with Gasteiger partial charge in [0.05, 0.1) is 18.7 Å². The van der Waals surface area contributed by atoms with Crippen molar-refractivity contribution in [2.75, 3.05) is 25.5 Å². The standard InChI is InChI=1S/C14H17N3O2S2/c1-4-18-8-12-11(1)17(3-6-21-12)7-13-15-14(19-16-13)10-2-5-20-9-10/h2,5,9,11-12H,1,3-4,6-8H2/t11-,12+/m1/s1. The summed E-state index contributed by atoms with van der Waals surface area (Å²) in [5, 5.41) is 8.79. The molecule has 2 fully saturated rings. The molecule has 2 saturated heterocycles. The molecule has 4 rings (SSSR count). The van der Waals surface area contributed by atoms with E-state index in [9.17, 15) is 0 Å². The zero-order valence-corrected chi connectivity index (χ0v) is 13.2. The van der Waals surface area contributed by atoms with E-state index in [1.165, 1.54) is 0 Å². The summed E-state index contributed by atoms with van der Waals surface area (Å²) in [6.07, 6.45) is 1.10. The van der Waals surface area contributed by atoms with E-state index in [1.54, 1.807) is 11.3 Å². The molecule has 2 atom stereocenters. The van der Waals surface area contributed by atoms with Gasteiger partial charge in [0.15, 0.2) is 5.82 Å². The van der Waals surface area contributed by atoms with Gasteiger partial charge in [0.25, 0.3) is 5.89 Å². The fraction of sp³-hybridized carbons (Fsp3) is 0.571. The molecule has 0 unspecified atom stereocenters. The first-order chi connectivity index (χ1) is 10.4. The number of ether oxygens (including phenoxy) is 1. The second-order valence-electron chi connectivity index (χ2n) is 5.34. The van der Waals surface area contributed by atoms with Gasteiger partial charge >= 0.3 is 0 Å². The molecule has 112 valence electrons. The maximum absolute atomic E-state index is 5.59. The van der Waals surface area contributed by atoms with E-state index < -0.39 is 0 Å². The maximum Gasteiger partial charge on any atom is 0.258 e. The summed E-state index contributed by atoms with van der Waals surface area (Å²) in [5.74, 6) is 2.56. The highest BCUT2D eigenvalue weighted by atomic mass is 32.2. The fourth-order valence-corrected chi connectivity index (χ4v) is 4.96. The van der Waals surface area contributed by atoms with Crippen molar-refractivity contribution >= 4 is 23.1 Å². The van der Waals surface area contributed by atoms with E-state index in [2.05, 4.69) is 15.0 Å². The summed E-state index contributed by atoms with van der Waals surface area (Å²) in [5.41, 5.74) is 1.01. The largest absolute Gasteiger partial charge is 0.380 e. The molecule has 7 heteroatoms. The number of thioether (sulfide) groups is 1. The van der Waals surface area contributed by atoms with Crippen LogP contribution in [-0.4, -0.2) is 51.8 Å². The number of fused-ring (bicyclic) bond motifs is 1. The first kappa shape index (κ1) is 13.8. The summed E-state index contributed by atoms with van der Waals surface area (Å²) in [6.45, 7) is 3.60. The Hall–Kier alpha value is -0.890. The Morgan fingerprint density at radius 3 is 3.33 bits per heavy atom. The van der Waals surface area contributed by atoms with E-state index in [-0.39, 0.29) is 0 Å². The van der Waals surface area contributed by atoms with E-state index in [0.29, 0.717) is 17.2 Å². The molecule has 0 saturated carbocycles. The number of hydrogen-bond donors (Lipinski definition) is 0. The molecule has 2 aromatic heterocycles. The third-order valence-corrected chi connectivity index (χ3v) is 6.01. The summed E-state index contributed by atoms with van der Waals surface area (Å²) in [6, 6.07) is 2.59. The van der Waals surface area contributed by atoms with Crippen molar-refractivity contribution in [3.63, 3.8) is 0 Å². The van der Waals surface area contributed by atoms with E-state index in [1.807, 2.05) is 28.6 Å². The Bertz CT molecular complexity index is 585. The minimum atomic E-state index is 0.584. The van der Waals surface area contributed by atoms with Crippen LogP contribution in [0.25, 0.3) is 11.5 Å². The van der Waals surface area contributed by atoms with Gasteiger partial charge in [0, 0.05) is 35.6 Å². The molecule has 2 aliphatic rings. The minimum Gasteiger partial charge on any atom is -0.380 e. The van der Waals surface area contributed by atoms with Gasteiger partial charge in [-0.25, -0.2) is 0 Å². The normalized spacial score (nSPS) is 26.7. The van der Waals surface area contributed by atoms with Crippen molar-refractivity contribution < 1.29 is 9.26 Å². The van der Waals surface area contributed by atoms with Crippen LogP contribution in [-0.2, 0) is 11.3 Å². The van der Waals surface area contributed by atoms with E-state index in [0.717, 1.165) is 49.9 Å². The molecule has 0 N–H and O–H groups in total. The van der Waals surface area contributed by atoms with Gasteiger partial charge in [-0.15, -0.1) is 0 Å². The van der Waals surface area contributed by atoms with Gasteiger partial charge < -0.3 is 9.26 Å². The summed E-state index contributed by atoms with van der Waals surface area (Å²) >= 11 is 3.67. The molecular weight excluding hydrogens is 306 g/mol. The third kappa shape index (κ3) is 2.88. The minimum absolute atomic E-state index is 0.584. The average molecular weight is 323 g/mol. The monoisotopic (exact) mass is 323 g/mol. The van der Waals surface area contributed by atoms with Crippen LogP contribution in [0.15, 0.2) is 21.3 Å². The molecule has 0 aliphatic carbocycles. The van der Waals surface area contributed by atoms with Crippen molar-refractivity contribution in [2.45, 2.75) is 24.3 Å². The van der Waals surface area contributed by atoms with E-state index in [4.69, 9.17) is 9.26 Å². The molecule has 2 aromatic rings. The summed E-state index contributed by atoms with van der Waals surface area (Å²) < 4.78 is 11.0. The van der Waals surface area contributed by atoms with Gasteiger partial charge in [-0.3, -0.25) is 4.90 Å². The molecule has 0 radical (unpaired) electrons. The zero-order chi connectivity index (χ0) is 14.1. The SMILES string of the molecule is c1cc(-c2nc(CN3CCS[C@H]4COCC[C@H]43)no2)cs1. The van der Waals surface area contributed by atoms with Gasteiger partial charge in [-0.2, -0.15) is 28.1 Å². The number of hydrogen-bond acceptors (Lipinski definition) is 7. The second kappa shape index (κ2) is 6.08. The Morgan fingerprint density at radius 1 is 1.43 bits per heavy atom. The highest BCUT2D eigenvalue weighted by molar-refractivity contribution is 8.00. The van der Waals surface area contributed by atoms with Crippen molar-refractivity contribution in [2.24, 2.45) is 0 Å². The number of nitrogens with zero attached hydrogens (tertiary/aromatic N) is 3. The number of aromatic nitrogens is 2. The first-order valence-electron chi connectivity index (χ1n) is 7.19. The Labute approximate surface area is 131 Å². The van der Waals surface area contributed by atoms with Gasteiger partial charge in [-0.1, -0.05) is 5.16 Å². The molecule has 2 aliphatic heterocycles. The lowest BCUT2D eigenvalue weighted by Crippen LogP contribution is -2.51. The quantitative estimate of drug-likeness (QED) is 0.865. The van der Waals surface area contributed by atoms with Crippen LogP contribution in [0.2, 0.25) is 0 Å². The third-order valence-electron chi connectivity index (χ3n) is 4.03. The highest BCUT2D eigenvalue weighted by Gasteiger charge is 2.34. The smallest absolute Gasteiger partial charge is 0.258 e. The summed E-state index contributed by atoms with van der Waals surface area (Å²) in [4.78, 5) is 7.03. The number of rotatable bonds is 3. The maximum atomic E-state index is 5.59. The van der Waals surface area contributed by atoms with Gasteiger partial charge in [0.1, 0.15) is 0 Å². The summed E-state index contributed by atoms with van der Waals surface area (Å²) in [7, 11) is 0. The van der Waals surface area contributed by atoms with Crippen LogP contribution in [0.1, 0.15) is 12.2 Å². The van der Waals surface area contributed by atoms with Crippen LogP contribution in [0.4, 0.5) is 0 Å². The van der Waals surface area contributed by atoms with Gasteiger partial charge in [-0.05, 0) is 17.9 Å². The van der Waals surface area contributed by atoms with Crippen molar-refractivity contribution in [3.05, 3.63) is 22.7 Å². The molecule has 4 heterocycles. The zero-order valence-electron chi connectivity index (χ0n) is 11.6. The predicted octanol–water partition coefficient (Wildman–Crippen LogP) is 2.50. The molecule has 0 spiro atoms. The van der Waals surface area contributed by atoms with Crippen molar-refractivity contribution in [1.29, 1.82) is 0 Å². The van der Waals surface area contributed by atoms with Crippen molar-refractivity contribution in [3.8, 4) is 11.5 Å². The van der Waals surface area contributed by atoms with Gasteiger partial charge in [0.2, 0.25) is 0 Å². The Morgan fingerprint density at radius 2 is 2.43 bits per heavy atom. The Kier molecular flexibility index (Phi) is 3.98. The topological polar surface area (TPSA) is 51.4 Å². The molecule has 0 amide bonds. The second-order valence-corrected chi connectivity index (χ2v) is 7.47. The van der Waals surface area contributed by atoms with Crippen LogP contribution in [0, 0.1) is 0 Å². The molecule has 0 aromatic carbocycles. The first-order valence-corrected chi connectivity index (χ1v) is 9.18. The fourth-order valence-electron chi connectivity index (χ4n) is 2.96. The van der Waals surface area contributed by atoms with Crippen LogP contribution < -0.4 is 0 Å². The van der Waals surface area contributed by atoms with Crippen LogP contribution in [0.5, 0.6) is 0 Å². The lowest BCUT2D eigenvalue weighted by atomic mass is 10.1. The number of thiophene rings is 1.